The van der Waals surface area contributed by atoms with Gasteiger partial charge in [-0.1, -0.05) is 16.8 Å². The number of amidine groups is 1. The van der Waals surface area contributed by atoms with E-state index in [1.165, 1.54) is 0 Å². The molecular formula is C13H20ClN3O2. The summed E-state index contributed by atoms with van der Waals surface area (Å²) in [5, 5.41) is 21.2. The van der Waals surface area contributed by atoms with Crippen molar-refractivity contribution in [1.29, 1.82) is 0 Å². The molecule has 0 bridgehead atoms. The van der Waals surface area contributed by atoms with Gasteiger partial charge in [0.25, 0.3) is 0 Å². The zero-order valence-electron chi connectivity index (χ0n) is 11.0. The van der Waals surface area contributed by atoms with E-state index in [1.807, 2.05) is 11.9 Å². The molecule has 5 nitrogen and oxygen atoms in total. The van der Waals surface area contributed by atoms with Gasteiger partial charge in [0.2, 0.25) is 0 Å². The summed E-state index contributed by atoms with van der Waals surface area (Å²) < 4.78 is 0. The van der Waals surface area contributed by atoms with Gasteiger partial charge < -0.3 is 20.9 Å². The maximum absolute atomic E-state index is 8.79. The number of hydrogen-bond donors (Lipinski definition) is 3. The van der Waals surface area contributed by atoms with Gasteiger partial charge in [-0.05, 0) is 37.5 Å². The third kappa shape index (κ3) is 4.61. The number of aliphatic hydroxyl groups excluding tert-OH is 1. The molecule has 1 rings (SSSR count). The molecule has 106 valence electrons. The van der Waals surface area contributed by atoms with Crippen LogP contribution in [0.4, 0.5) is 5.69 Å². The zero-order valence-corrected chi connectivity index (χ0v) is 11.8. The first kappa shape index (κ1) is 15.6. The fourth-order valence-electron chi connectivity index (χ4n) is 1.85. The standard InChI is InChI=1S/C13H20ClN3O2/c1-17(7-3-2-4-8-18)12-9-10(14)5-6-11(12)13(15)16-19/h5-6,9,18-19H,2-4,7-8H2,1H3,(H2,15,16). The first-order valence-corrected chi connectivity index (χ1v) is 6.57. The molecule has 0 unspecified atom stereocenters. The smallest absolute Gasteiger partial charge is 0.172 e. The van der Waals surface area contributed by atoms with Crippen LogP contribution >= 0.6 is 11.6 Å². The van der Waals surface area contributed by atoms with Crippen LogP contribution in [0.3, 0.4) is 0 Å². The Morgan fingerprint density at radius 1 is 1.37 bits per heavy atom. The van der Waals surface area contributed by atoms with Crippen molar-refractivity contribution in [3.8, 4) is 0 Å². The van der Waals surface area contributed by atoms with Gasteiger partial charge in [0.15, 0.2) is 5.84 Å². The Morgan fingerprint density at radius 2 is 2.11 bits per heavy atom. The molecule has 0 fully saturated rings. The van der Waals surface area contributed by atoms with Crippen LogP contribution in [0.1, 0.15) is 24.8 Å². The second-order valence-electron chi connectivity index (χ2n) is 4.35. The maximum Gasteiger partial charge on any atom is 0.172 e. The van der Waals surface area contributed by atoms with Gasteiger partial charge >= 0.3 is 0 Å². The molecule has 0 radical (unpaired) electrons. The lowest BCUT2D eigenvalue weighted by Crippen LogP contribution is -2.24. The first-order valence-electron chi connectivity index (χ1n) is 6.19. The Balaban J connectivity index is 2.82. The van der Waals surface area contributed by atoms with Crippen molar-refractivity contribution in [1.82, 2.24) is 0 Å². The van der Waals surface area contributed by atoms with E-state index < -0.39 is 0 Å². The molecule has 6 heteroatoms. The molecule has 0 saturated carbocycles. The van der Waals surface area contributed by atoms with Crippen molar-refractivity contribution >= 4 is 23.1 Å². The molecule has 1 aromatic carbocycles. The van der Waals surface area contributed by atoms with E-state index in [0.29, 0.717) is 10.6 Å². The third-order valence-electron chi connectivity index (χ3n) is 2.91. The Bertz CT molecular complexity index is 438. The summed E-state index contributed by atoms with van der Waals surface area (Å²) in [7, 11) is 1.93. The van der Waals surface area contributed by atoms with Crippen molar-refractivity contribution < 1.29 is 10.3 Å². The second-order valence-corrected chi connectivity index (χ2v) is 4.79. The van der Waals surface area contributed by atoms with Crippen LogP contribution in [0, 0.1) is 0 Å². The van der Waals surface area contributed by atoms with Crippen molar-refractivity contribution in [3.05, 3.63) is 28.8 Å². The SMILES string of the molecule is CN(CCCCCO)c1cc(Cl)ccc1/C(N)=N/O. The number of oxime groups is 1. The van der Waals surface area contributed by atoms with Crippen LogP contribution < -0.4 is 10.6 Å². The third-order valence-corrected chi connectivity index (χ3v) is 3.14. The lowest BCUT2D eigenvalue weighted by Gasteiger charge is -2.22. The molecule has 0 atom stereocenters. The van der Waals surface area contributed by atoms with Crippen molar-refractivity contribution in [2.24, 2.45) is 10.9 Å². The molecule has 0 spiro atoms. The summed E-state index contributed by atoms with van der Waals surface area (Å²) in [6.07, 6.45) is 2.72. The number of halogens is 1. The highest BCUT2D eigenvalue weighted by atomic mass is 35.5. The number of anilines is 1. The lowest BCUT2D eigenvalue weighted by molar-refractivity contribution is 0.283. The number of nitrogens with zero attached hydrogens (tertiary/aromatic N) is 2. The molecule has 4 N–H and O–H groups in total. The highest BCUT2D eigenvalue weighted by molar-refractivity contribution is 6.31. The molecular weight excluding hydrogens is 266 g/mol. The molecule has 0 saturated heterocycles. The maximum atomic E-state index is 8.79. The Labute approximate surface area is 118 Å². The minimum absolute atomic E-state index is 0.0638. The highest BCUT2D eigenvalue weighted by Gasteiger charge is 2.11. The predicted molar refractivity (Wildman–Crippen MR) is 78.2 cm³/mol. The fraction of sp³-hybridized carbons (Fsp3) is 0.462. The number of aliphatic hydroxyl groups is 1. The number of nitrogens with two attached hydrogens (primary N) is 1. The van der Waals surface area contributed by atoms with Crippen LogP contribution in [0.5, 0.6) is 0 Å². The minimum Gasteiger partial charge on any atom is -0.409 e. The molecule has 0 aliphatic rings. The molecule has 0 aliphatic carbocycles. The summed E-state index contributed by atoms with van der Waals surface area (Å²) in [6.45, 7) is 1.03. The molecule has 19 heavy (non-hydrogen) atoms. The monoisotopic (exact) mass is 285 g/mol. The van der Waals surface area contributed by atoms with E-state index in [1.54, 1.807) is 18.2 Å². The van der Waals surface area contributed by atoms with E-state index in [9.17, 15) is 0 Å². The van der Waals surface area contributed by atoms with Crippen molar-refractivity contribution in [3.63, 3.8) is 0 Å². The summed E-state index contributed by atoms with van der Waals surface area (Å²) in [6, 6.07) is 5.23. The normalized spacial score (nSPS) is 11.6. The van der Waals surface area contributed by atoms with E-state index in [4.69, 9.17) is 27.6 Å². The Hall–Kier alpha value is -1.46. The summed E-state index contributed by atoms with van der Waals surface area (Å²) in [4.78, 5) is 2.01. The Morgan fingerprint density at radius 3 is 2.74 bits per heavy atom. The second kappa shape index (κ2) is 7.86. The van der Waals surface area contributed by atoms with Crippen LogP contribution in [0.15, 0.2) is 23.4 Å². The topological polar surface area (TPSA) is 82.1 Å². The molecule has 1 aromatic rings. The molecule has 0 aliphatic heterocycles. The van der Waals surface area contributed by atoms with Crippen molar-refractivity contribution in [2.45, 2.75) is 19.3 Å². The van der Waals surface area contributed by atoms with Crippen LogP contribution in [-0.2, 0) is 0 Å². The largest absolute Gasteiger partial charge is 0.409 e. The number of benzene rings is 1. The first-order chi connectivity index (χ1) is 9.10. The minimum atomic E-state index is 0.0638. The van der Waals surface area contributed by atoms with Gasteiger partial charge in [0, 0.05) is 36.5 Å². The highest BCUT2D eigenvalue weighted by Crippen LogP contribution is 2.24. The van der Waals surface area contributed by atoms with Gasteiger partial charge in [0.05, 0.1) is 0 Å². The van der Waals surface area contributed by atoms with Crippen LogP contribution in [-0.4, -0.2) is 36.3 Å². The van der Waals surface area contributed by atoms with Crippen LogP contribution in [0.2, 0.25) is 5.02 Å². The quantitative estimate of drug-likeness (QED) is 0.235. The van der Waals surface area contributed by atoms with Gasteiger partial charge in [-0.25, -0.2) is 0 Å². The zero-order chi connectivity index (χ0) is 14.3. The average molecular weight is 286 g/mol. The van der Waals surface area contributed by atoms with Gasteiger partial charge in [-0.3, -0.25) is 0 Å². The van der Waals surface area contributed by atoms with E-state index in [0.717, 1.165) is 31.5 Å². The van der Waals surface area contributed by atoms with Gasteiger partial charge in [-0.2, -0.15) is 0 Å². The number of unbranched alkanes of at least 4 members (excludes halogenated alkanes) is 2. The van der Waals surface area contributed by atoms with Gasteiger partial charge in [-0.15, -0.1) is 0 Å². The summed E-state index contributed by atoms with van der Waals surface area (Å²) >= 11 is 5.99. The fourth-order valence-corrected chi connectivity index (χ4v) is 2.02. The van der Waals surface area contributed by atoms with Crippen LogP contribution in [0.25, 0.3) is 0 Å². The van der Waals surface area contributed by atoms with Crippen molar-refractivity contribution in [2.75, 3.05) is 25.1 Å². The van der Waals surface area contributed by atoms with E-state index >= 15 is 0 Å². The molecule has 0 heterocycles. The summed E-state index contributed by atoms with van der Waals surface area (Å²) in [5.74, 6) is 0.0638. The average Bonchev–Trinajstić information content (AvgIpc) is 2.42. The number of hydrogen-bond acceptors (Lipinski definition) is 4. The lowest BCUT2D eigenvalue weighted by atomic mass is 10.1. The van der Waals surface area contributed by atoms with E-state index in [-0.39, 0.29) is 12.4 Å². The summed E-state index contributed by atoms with van der Waals surface area (Å²) in [5.41, 5.74) is 7.13. The molecule has 0 aromatic heterocycles. The molecule has 0 amide bonds. The number of rotatable bonds is 7. The predicted octanol–water partition coefficient (Wildman–Crippen LogP) is 2.03. The van der Waals surface area contributed by atoms with Gasteiger partial charge in [0.1, 0.15) is 0 Å². The van der Waals surface area contributed by atoms with E-state index in [2.05, 4.69) is 5.16 Å². The Kier molecular flexibility index (Phi) is 6.45.